The molecule has 1 fully saturated rings. The highest BCUT2D eigenvalue weighted by Gasteiger charge is 2.38. The molecule has 5 nitrogen and oxygen atoms in total. The van der Waals surface area contributed by atoms with Crippen molar-refractivity contribution in [1.82, 2.24) is 0 Å². The molecular formula is C31H29NO4. The third-order valence-electron chi connectivity index (χ3n) is 7.17. The maximum atomic E-state index is 7.05. The lowest BCUT2D eigenvalue weighted by molar-refractivity contribution is 0.122. The van der Waals surface area contributed by atoms with Gasteiger partial charge < -0.3 is 23.8 Å². The Bertz CT molecular complexity index is 1360. The summed E-state index contributed by atoms with van der Waals surface area (Å²) >= 11 is 0. The minimum Gasteiger partial charge on any atom is -0.497 e. The number of benzene rings is 4. The van der Waals surface area contributed by atoms with E-state index in [4.69, 9.17) is 18.9 Å². The zero-order valence-electron chi connectivity index (χ0n) is 20.6. The number of hydrogen-bond acceptors (Lipinski definition) is 5. The normalized spacial score (nSPS) is 16.3. The van der Waals surface area contributed by atoms with E-state index in [1.54, 1.807) is 14.2 Å². The number of ether oxygens (including phenoxy) is 4. The van der Waals surface area contributed by atoms with E-state index in [0.29, 0.717) is 0 Å². The Hall–Kier alpha value is -3.96. The molecule has 2 aliphatic rings. The molecule has 0 unspecified atom stereocenters. The van der Waals surface area contributed by atoms with Crippen LogP contribution < -0.4 is 19.1 Å². The van der Waals surface area contributed by atoms with E-state index >= 15 is 0 Å². The van der Waals surface area contributed by atoms with Gasteiger partial charge in [-0.25, -0.2) is 0 Å². The second-order valence-electron chi connectivity index (χ2n) is 9.08. The lowest BCUT2D eigenvalue weighted by atomic mass is 9.83. The van der Waals surface area contributed by atoms with E-state index in [9.17, 15) is 0 Å². The zero-order valence-corrected chi connectivity index (χ0v) is 20.6. The topological polar surface area (TPSA) is 40.2 Å². The highest BCUT2D eigenvalue weighted by Crippen LogP contribution is 2.47. The van der Waals surface area contributed by atoms with E-state index in [1.165, 1.54) is 16.5 Å². The monoisotopic (exact) mass is 479 g/mol. The molecule has 36 heavy (non-hydrogen) atoms. The van der Waals surface area contributed by atoms with Crippen LogP contribution in [0.3, 0.4) is 0 Å². The minimum atomic E-state index is -0.795. The fourth-order valence-corrected chi connectivity index (χ4v) is 5.24. The summed E-state index contributed by atoms with van der Waals surface area (Å²) in [6.45, 7) is 3.18. The number of fused-ring (bicyclic) bond motifs is 3. The Morgan fingerprint density at radius 1 is 0.750 bits per heavy atom. The molecule has 0 aliphatic carbocycles. The Balaban J connectivity index is 1.53. The molecule has 0 atom stereocenters. The van der Waals surface area contributed by atoms with Gasteiger partial charge in [0.2, 0.25) is 0 Å². The van der Waals surface area contributed by atoms with Crippen molar-refractivity contribution in [3.63, 3.8) is 0 Å². The predicted octanol–water partition coefficient (Wildman–Crippen LogP) is 6.04. The van der Waals surface area contributed by atoms with Gasteiger partial charge in [0, 0.05) is 46.9 Å². The molecule has 0 amide bonds. The van der Waals surface area contributed by atoms with E-state index in [0.717, 1.165) is 60.2 Å². The first-order valence-electron chi connectivity index (χ1n) is 12.3. The first-order chi connectivity index (χ1) is 17.7. The van der Waals surface area contributed by atoms with Crippen LogP contribution in [-0.4, -0.2) is 40.5 Å². The van der Waals surface area contributed by atoms with Gasteiger partial charge in [-0.1, -0.05) is 48.5 Å². The lowest BCUT2D eigenvalue weighted by Crippen LogP contribution is -2.37. The number of rotatable bonds is 5. The molecule has 4 aromatic rings. The Labute approximate surface area is 211 Å². The number of anilines is 1. The van der Waals surface area contributed by atoms with Gasteiger partial charge in [-0.05, 0) is 41.8 Å². The molecule has 0 N–H and O–H groups in total. The molecule has 0 spiro atoms. The second kappa shape index (κ2) is 9.25. The average Bonchev–Trinajstić information content (AvgIpc) is 2.97. The molecule has 6 rings (SSSR count). The van der Waals surface area contributed by atoms with E-state index in [1.807, 2.05) is 24.3 Å². The first kappa shape index (κ1) is 22.5. The lowest BCUT2D eigenvalue weighted by Gasteiger charge is -2.38. The largest absolute Gasteiger partial charge is 0.497 e. The van der Waals surface area contributed by atoms with Gasteiger partial charge in [0.15, 0.2) is 5.60 Å². The average molecular weight is 480 g/mol. The Morgan fingerprint density at radius 2 is 1.33 bits per heavy atom. The van der Waals surface area contributed by atoms with Crippen LogP contribution in [0.25, 0.3) is 16.8 Å². The quantitative estimate of drug-likeness (QED) is 0.349. The fourth-order valence-electron chi connectivity index (χ4n) is 5.24. The van der Waals surface area contributed by atoms with Gasteiger partial charge in [0.25, 0.3) is 0 Å². The Kier molecular flexibility index (Phi) is 5.78. The molecule has 1 saturated heterocycles. The number of morpholine rings is 1. The van der Waals surface area contributed by atoms with Gasteiger partial charge in [-0.2, -0.15) is 0 Å². The summed E-state index contributed by atoms with van der Waals surface area (Å²) in [5.74, 6) is 2.48. The SMILES string of the molecule is COc1ccc(C2(c3ccc(OC)cc3)C=Cc3c(cc(N4CCOCC4)c4ccccc34)O2)cc1. The summed E-state index contributed by atoms with van der Waals surface area (Å²) in [5.41, 5.74) is 3.53. The van der Waals surface area contributed by atoms with Crippen LogP contribution in [0.1, 0.15) is 16.7 Å². The number of methoxy groups -OCH3 is 2. The maximum Gasteiger partial charge on any atom is 0.178 e. The van der Waals surface area contributed by atoms with Crippen LogP contribution in [0.5, 0.6) is 17.2 Å². The van der Waals surface area contributed by atoms with Gasteiger partial charge in [-0.15, -0.1) is 0 Å². The maximum absolute atomic E-state index is 7.05. The van der Waals surface area contributed by atoms with E-state index in [-0.39, 0.29) is 0 Å². The number of hydrogen-bond donors (Lipinski definition) is 0. The van der Waals surface area contributed by atoms with Crippen LogP contribution in [0.4, 0.5) is 5.69 Å². The van der Waals surface area contributed by atoms with Crippen molar-refractivity contribution in [2.24, 2.45) is 0 Å². The minimum absolute atomic E-state index is 0.730. The predicted molar refractivity (Wildman–Crippen MR) is 143 cm³/mol. The molecular weight excluding hydrogens is 450 g/mol. The summed E-state index contributed by atoms with van der Waals surface area (Å²) in [4.78, 5) is 2.40. The standard InChI is InChI=1S/C31H29NO4/c1-33-24-11-7-22(8-12-24)31(23-9-13-25(34-2)14-10-23)16-15-28-26-5-3-4-6-27(26)29(21-30(28)36-31)32-17-19-35-20-18-32/h3-16,21H,17-20H2,1-2H3. The molecule has 0 radical (unpaired) electrons. The van der Waals surface area contributed by atoms with Crippen molar-refractivity contribution in [2.75, 3.05) is 45.4 Å². The third-order valence-corrected chi connectivity index (χ3v) is 7.17. The van der Waals surface area contributed by atoms with E-state index < -0.39 is 5.60 Å². The second-order valence-corrected chi connectivity index (χ2v) is 9.08. The highest BCUT2D eigenvalue weighted by atomic mass is 16.5. The van der Waals surface area contributed by atoms with Crippen LogP contribution in [-0.2, 0) is 10.3 Å². The van der Waals surface area contributed by atoms with Crippen LogP contribution in [0.2, 0.25) is 0 Å². The van der Waals surface area contributed by atoms with E-state index in [2.05, 4.69) is 71.6 Å². The smallest absolute Gasteiger partial charge is 0.178 e. The van der Waals surface area contributed by atoms with Crippen molar-refractivity contribution in [1.29, 1.82) is 0 Å². The molecule has 0 saturated carbocycles. The van der Waals surface area contributed by atoms with Crippen LogP contribution >= 0.6 is 0 Å². The van der Waals surface area contributed by atoms with Crippen LogP contribution in [0.15, 0.2) is 84.9 Å². The molecule has 4 aromatic carbocycles. The van der Waals surface area contributed by atoms with Gasteiger partial charge in [0.1, 0.15) is 17.2 Å². The van der Waals surface area contributed by atoms with Gasteiger partial charge in [0.05, 0.1) is 27.4 Å². The summed E-state index contributed by atoms with van der Waals surface area (Å²) in [6.07, 6.45) is 4.37. The van der Waals surface area contributed by atoms with Crippen molar-refractivity contribution < 1.29 is 18.9 Å². The molecule has 5 heteroatoms. The molecule has 2 heterocycles. The Morgan fingerprint density at radius 3 is 1.92 bits per heavy atom. The van der Waals surface area contributed by atoms with Crippen molar-refractivity contribution in [3.05, 3.63) is 102 Å². The van der Waals surface area contributed by atoms with Gasteiger partial charge >= 0.3 is 0 Å². The first-order valence-corrected chi connectivity index (χ1v) is 12.3. The molecule has 0 bridgehead atoms. The molecule has 2 aliphatic heterocycles. The van der Waals surface area contributed by atoms with Crippen molar-refractivity contribution in [2.45, 2.75) is 5.60 Å². The summed E-state index contributed by atoms with van der Waals surface area (Å²) in [7, 11) is 3.36. The molecule has 0 aromatic heterocycles. The fraction of sp³-hybridized carbons (Fsp3) is 0.226. The molecule has 182 valence electrons. The van der Waals surface area contributed by atoms with Gasteiger partial charge in [-0.3, -0.25) is 0 Å². The zero-order chi connectivity index (χ0) is 24.5. The van der Waals surface area contributed by atoms with Crippen molar-refractivity contribution in [3.8, 4) is 17.2 Å². The summed E-state index contributed by atoms with van der Waals surface area (Å²) in [6, 6.07) is 27.0. The summed E-state index contributed by atoms with van der Waals surface area (Å²) in [5, 5.41) is 2.42. The van der Waals surface area contributed by atoms with Crippen LogP contribution in [0, 0.1) is 0 Å². The third kappa shape index (κ3) is 3.76. The van der Waals surface area contributed by atoms with Crippen molar-refractivity contribution >= 4 is 22.5 Å². The number of nitrogens with zero attached hydrogens (tertiary/aromatic N) is 1. The summed E-state index contributed by atoms with van der Waals surface area (Å²) < 4.78 is 23.5. The highest BCUT2D eigenvalue weighted by molar-refractivity contribution is 6.02.